The van der Waals surface area contributed by atoms with Crippen LogP contribution in [0.3, 0.4) is 0 Å². The van der Waals surface area contributed by atoms with E-state index >= 15 is 0 Å². The average Bonchev–Trinajstić information content (AvgIpc) is 2.49. The smallest absolute Gasteiger partial charge is 0.378 e. The maximum atomic E-state index is 12.5. The molecule has 0 radical (unpaired) electrons. The van der Waals surface area contributed by atoms with Crippen molar-refractivity contribution >= 4 is 11.8 Å². The van der Waals surface area contributed by atoms with Gasteiger partial charge in [-0.05, 0) is 30.5 Å². The van der Waals surface area contributed by atoms with Crippen molar-refractivity contribution in [1.29, 1.82) is 0 Å². The van der Waals surface area contributed by atoms with Gasteiger partial charge in [0, 0.05) is 0 Å². The molecule has 2 atom stereocenters. The zero-order chi connectivity index (χ0) is 17.6. The van der Waals surface area contributed by atoms with Crippen LogP contribution < -0.4 is 11.1 Å². The summed E-state index contributed by atoms with van der Waals surface area (Å²) in [6.45, 7) is 3.48. The molecule has 4 N–H and O–H groups in total. The first-order valence-corrected chi connectivity index (χ1v) is 6.72. The molecule has 1 aromatic carbocycles. The van der Waals surface area contributed by atoms with Gasteiger partial charge in [0.15, 0.2) is 6.10 Å². The number of aliphatic hydroxyl groups is 1. The SMILES string of the molecule is C=CCC[C@@H](NC(=O)[C@H](O)c1ccc(C(F)(F)F)cc1)C(N)=O. The number of carbonyl (C=O) groups is 2. The van der Waals surface area contributed by atoms with E-state index in [4.69, 9.17) is 5.73 Å². The zero-order valence-corrected chi connectivity index (χ0v) is 12.1. The van der Waals surface area contributed by atoms with E-state index in [1.165, 1.54) is 6.08 Å². The second-order valence-corrected chi connectivity index (χ2v) is 4.85. The molecule has 0 aromatic heterocycles. The van der Waals surface area contributed by atoms with Crippen molar-refractivity contribution in [1.82, 2.24) is 5.32 Å². The summed E-state index contributed by atoms with van der Waals surface area (Å²) in [5.41, 5.74) is 4.22. The molecule has 0 aliphatic heterocycles. The molecule has 0 saturated carbocycles. The minimum atomic E-state index is -4.51. The van der Waals surface area contributed by atoms with Gasteiger partial charge < -0.3 is 16.2 Å². The number of primary amides is 1. The van der Waals surface area contributed by atoms with Gasteiger partial charge in [-0.15, -0.1) is 6.58 Å². The number of amides is 2. The van der Waals surface area contributed by atoms with Crippen LogP contribution in [0.1, 0.15) is 30.1 Å². The topological polar surface area (TPSA) is 92.4 Å². The Hall–Kier alpha value is -2.35. The molecule has 0 bridgehead atoms. The standard InChI is InChI=1S/C15H17F3N2O3/c1-2-3-4-11(13(19)22)20-14(23)12(21)9-5-7-10(8-6-9)15(16,17)18/h2,5-8,11-12,21H,1,3-4H2,(H2,19,22)(H,20,23)/t11-,12-/m1/s1. The van der Waals surface area contributed by atoms with E-state index in [0.717, 1.165) is 24.3 Å². The van der Waals surface area contributed by atoms with Gasteiger partial charge >= 0.3 is 6.18 Å². The highest BCUT2D eigenvalue weighted by atomic mass is 19.4. The van der Waals surface area contributed by atoms with Gasteiger partial charge in [-0.1, -0.05) is 18.2 Å². The second kappa shape index (κ2) is 7.77. The molecule has 0 aliphatic carbocycles. The highest BCUT2D eigenvalue weighted by Gasteiger charge is 2.31. The Morgan fingerprint density at radius 1 is 1.30 bits per heavy atom. The van der Waals surface area contributed by atoms with Crippen LogP contribution in [0, 0.1) is 0 Å². The molecule has 0 unspecified atom stereocenters. The van der Waals surface area contributed by atoms with Crippen molar-refractivity contribution in [3.63, 3.8) is 0 Å². The first-order valence-electron chi connectivity index (χ1n) is 6.72. The highest BCUT2D eigenvalue weighted by molar-refractivity contribution is 5.89. The lowest BCUT2D eigenvalue weighted by atomic mass is 10.0. The monoisotopic (exact) mass is 330 g/mol. The number of carbonyl (C=O) groups excluding carboxylic acids is 2. The van der Waals surface area contributed by atoms with Crippen LogP contribution >= 0.6 is 0 Å². The third-order valence-electron chi connectivity index (χ3n) is 3.12. The first-order chi connectivity index (χ1) is 10.7. The molecule has 0 spiro atoms. The molecule has 1 rings (SSSR count). The van der Waals surface area contributed by atoms with Gasteiger partial charge in [-0.3, -0.25) is 9.59 Å². The number of alkyl halides is 3. The van der Waals surface area contributed by atoms with E-state index in [1.807, 2.05) is 0 Å². The van der Waals surface area contributed by atoms with Crippen LogP contribution in [0.2, 0.25) is 0 Å². The van der Waals surface area contributed by atoms with E-state index in [-0.39, 0.29) is 12.0 Å². The van der Waals surface area contributed by atoms with E-state index in [0.29, 0.717) is 6.42 Å². The summed E-state index contributed by atoms with van der Waals surface area (Å²) in [4.78, 5) is 23.1. The minimum Gasteiger partial charge on any atom is -0.378 e. The number of nitrogens with one attached hydrogen (secondary N) is 1. The first kappa shape index (κ1) is 18.7. The maximum Gasteiger partial charge on any atom is 0.416 e. The van der Waals surface area contributed by atoms with Crippen LogP contribution in [0.4, 0.5) is 13.2 Å². The highest BCUT2D eigenvalue weighted by Crippen LogP contribution is 2.29. The molecule has 0 fully saturated rings. The summed E-state index contributed by atoms with van der Waals surface area (Å²) in [6, 6.07) is 2.51. The van der Waals surface area contributed by atoms with Crippen LogP contribution in [-0.4, -0.2) is 23.0 Å². The number of rotatable bonds is 7. The summed E-state index contributed by atoms with van der Waals surface area (Å²) >= 11 is 0. The molecule has 1 aromatic rings. The largest absolute Gasteiger partial charge is 0.416 e. The maximum absolute atomic E-state index is 12.5. The zero-order valence-electron chi connectivity index (χ0n) is 12.1. The Labute approximate surface area is 131 Å². The average molecular weight is 330 g/mol. The third kappa shape index (κ3) is 5.41. The molecule has 23 heavy (non-hydrogen) atoms. The van der Waals surface area contributed by atoms with E-state index < -0.39 is 35.7 Å². The predicted molar refractivity (Wildman–Crippen MR) is 77.0 cm³/mol. The van der Waals surface area contributed by atoms with Gasteiger partial charge in [0.25, 0.3) is 5.91 Å². The number of allylic oxidation sites excluding steroid dienone is 1. The van der Waals surface area contributed by atoms with E-state index in [2.05, 4.69) is 11.9 Å². The lowest BCUT2D eigenvalue weighted by molar-refractivity contribution is -0.137. The Bertz CT molecular complexity index is 570. The van der Waals surface area contributed by atoms with Gasteiger partial charge in [0.2, 0.25) is 5.91 Å². The number of aliphatic hydroxyl groups excluding tert-OH is 1. The molecule has 2 amide bonds. The van der Waals surface area contributed by atoms with Gasteiger partial charge in [-0.2, -0.15) is 13.2 Å². The van der Waals surface area contributed by atoms with Crippen LogP contribution in [0.25, 0.3) is 0 Å². The second-order valence-electron chi connectivity index (χ2n) is 4.85. The molecule has 0 saturated heterocycles. The molecule has 8 heteroatoms. The van der Waals surface area contributed by atoms with Gasteiger partial charge in [-0.25, -0.2) is 0 Å². The number of halogens is 3. The molecule has 5 nitrogen and oxygen atoms in total. The van der Waals surface area contributed by atoms with Crippen molar-refractivity contribution in [3.05, 3.63) is 48.0 Å². The van der Waals surface area contributed by atoms with Crippen LogP contribution in [0.15, 0.2) is 36.9 Å². The quantitative estimate of drug-likeness (QED) is 0.664. The number of benzene rings is 1. The molecular weight excluding hydrogens is 313 g/mol. The number of hydrogen-bond acceptors (Lipinski definition) is 3. The summed E-state index contributed by atoms with van der Waals surface area (Å²) in [6.07, 6.45) is -4.04. The predicted octanol–water partition coefficient (Wildman–Crippen LogP) is 1.68. The van der Waals surface area contributed by atoms with Gasteiger partial charge in [0.05, 0.1) is 5.56 Å². The normalized spacial score (nSPS) is 13.9. The Kier molecular flexibility index (Phi) is 6.32. The summed E-state index contributed by atoms with van der Waals surface area (Å²) < 4.78 is 37.4. The number of nitrogens with two attached hydrogens (primary N) is 1. The molecule has 0 aliphatic rings. The van der Waals surface area contributed by atoms with Crippen molar-refractivity contribution in [3.8, 4) is 0 Å². The summed E-state index contributed by atoms with van der Waals surface area (Å²) in [7, 11) is 0. The fraction of sp³-hybridized carbons (Fsp3) is 0.333. The lowest BCUT2D eigenvalue weighted by Gasteiger charge is -2.18. The fourth-order valence-electron chi connectivity index (χ4n) is 1.83. The van der Waals surface area contributed by atoms with Crippen LogP contribution in [0.5, 0.6) is 0 Å². The molecule has 126 valence electrons. The van der Waals surface area contributed by atoms with Crippen LogP contribution in [-0.2, 0) is 15.8 Å². The Morgan fingerprint density at radius 3 is 2.30 bits per heavy atom. The summed E-state index contributed by atoms with van der Waals surface area (Å²) in [5, 5.41) is 12.1. The fourth-order valence-corrected chi connectivity index (χ4v) is 1.83. The van der Waals surface area contributed by atoms with Crippen molar-refractivity contribution < 1.29 is 27.9 Å². The van der Waals surface area contributed by atoms with Crippen molar-refractivity contribution in [2.24, 2.45) is 5.73 Å². The Morgan fingerprint density at radius 2 is 1.87 bits per heavy atom. The van der Waals surface area contributed by atoms with Crippen molar-refractivity contribution in [2.45, 2.75) is 31.2 Å². The van der Waals surface area contributed by atoms with Gasteiger partial charge in [0.1, 0.15) is 6.04 Å². The summed E-state index contributed by atoms with van der Waals surface area (Å²) in [5.74, 6) is -1.70. The van der Waals surface area contributed by atoms with E-state index in [1.54, 1.807) is 0 Å². The van der Waals surface area contributed by atoms with Crippen molar-refractivity contribution in [2.75, 3.05) is 0 Å². The lowest BCUT2D eigenvalue weighted by Crippen LogP contribution is -2.46. The third-order valence-corrected chi connectivity index (χ3v) is 3.12. The van der Waals surface area contributed by atoms with E-state index in [9.17, 15) is 27.9 Å². The Balaban J connectivity index is 2.79. The minimum absolute atomic E-state index is 0.0255. The molecule has 0 heterocycles. The molecular formula is C15H17F3N2O3. The number of hydrogen-bond donors (Lipinski definition) is 3.